The molecule has 1 heterocycles. The van der Waals surface area contributed by atoms with Crippen LogP contribution in [0.25, 0.3) is 0 Å². The summed E-state index contributed by atoms with van der Waals surface area (Å²) in [5, 5.41) is 12.7. The molecular weight excluding hydrogens is 384 g/mol. The number of hydrogen-bond donors (Lipinski definition) is 1. The molecule has 1 aromatic heterocycles. The Bertz CT molecular complexity index is 917. The lowest BCUT2D eigenvalue weighted by Gasteiger charge is -2.17. The molecule has 0 saturated carbocycles. The molecule has 0 atom stereocenters. The highest BCUT2D eigenvalue weighted by atomic mass is 35.5. The number of methoxy groups -OCH3 is 1. The summed E-state index contributed by atoms with van der Waals surface area (Å²) in [4.78, 5) is 14.3. The van der Waals surface area contributed by atoms with Crippen LogP contribution in [0.4, 0.5) is 5.69 Å². The first-order chi connectivity index (χ1) is 13.0. The Hall–Kier alpha value is -2.48. The van der Waals surface area contributed by atoms with Crippen LogP contribution in [-0.2, 0) is 13.1 Å². The lowest BCUT2D eigenvalue weighted by Crippen LogP contribution is -2.17. The number of nitrogens with zero attached hydrogens (tertiary/aromatic N) is 3. The van der Waals surface area contributed by atoms with Crippen molar-refractivity contribution in [2.75, 3.05) is 19.5 Å². The van der Waals surface area contributed by atoms with E-state index in [2.05, 4.69) is 20.4 Å². The van der Waals surface area contributed by atoms with E-state index < -0.39 is 0 Å². The third kappa shape index (κ3) is 5.26. The van der Waals surface area contributed by atoms with Gasteiger partial charge in [0.2, 0.25) is 5.01 Å². The number of rotatable bonds is 7. The van der Waals surface area contributed by atoms with Crippen LogP contribution in [0.2, 0.25) is 5.02 Å². The number of hydrogen-bond acceptors (Lipinski definition) is 6. The number of amides is 1. The highest BCUT2D eigenvalue weighted by Gasteiger charge is 2.15. The molecule has 3 aromatic rings. The van der Waals surface area contributed by atoms with Crippen LogP contribution < -0.4 is 10.1 Å². The van der Waals surface area contributed by atoms with Crippen molar-refractivity contribution in [2.45, 2.75) is 13.1 Å². The van der Waals surface area contributed by atoms with Crippen LogP contribution in [0, 0.1) is 0 Å². The van der Waals surface area contributed by atoms with Crippen molar-refractivity contribution in [1.29, 1.82) is 0 Å². The maximum absolute atomic E-state index is 12.3. The molecule has 2 aromatic carbocycles. The molecule has 0 spiro atoms. The van der Waals surface area contributed by atoms with Crippen molar-refractivity contribution in [1.82, 2.24) is 15.1 Å². The van der Waals surface area contributed by atoms with Gasteiger partial charge in [-0.3, -0.25) is 9.69 Å². The van der Waals surface area contributed by atoms with Gasteiger partial charge >= 0.3 is 0 Å². The van der Waals surface area contributed by atoms with Crippen LogP contribution in [0.5, 0.6) is 5.75 Å². The third-order valence-electron chi connectivity index (χ3n) is 3.78. The lowest BCUT2D eigenvalue weighted by atomic mass is 10.2. The summed E-state index contributed by atoms with van der Waals surface area (Å²) in [6.07, 6.45) is 0. The largest absolute Gasteiger partial charge is 0.496 e. The summed E-state index contributed by atoms with van der Waals surface area (Å²) in [6.45, 7) is 1.20. The van der Waals surface area contributed by atoms with Gasteiger partial charge in [-0.15, -0.1) is 10.2 Å². The first-order valence-electron chi connectivity index (χ1n) is 8.25. The normalized spacial score (nSPS) is 10.8. The van der Waals surface area contributed by atoms with Gasteiger partial charge in [-0.1, -0.05) is 41.1 Å². The fourth-order valence-corrected chi connectivity index (χ4v) is 3.57. The van der Waals surface area contributed by atoms with Gasteiger partial charge in [0.15, 0.2) is 0 Å². The van der Waals surface area contributed by atoms with Crippen molar-refractivity contribution in [3.63, 3.8) is 0 Å². The topological polar surface area (TPSA) is 67.3 Å². The number of carbonyl (C=O) groups excluding carboxylic acids is 1. The van der Waals surface area contributed by atoms with Crippen molar-refractivity contribution in [2.24, 2.45) is 0 Å². The molecule has 0 bridgehead atoms. The SMILES string of the molecule is COc1ccc(Cl)cc1CN(C)Cc1nnc(C(=O)Nc2ccccc2)s1. The fourth-order valence-electron chi connectivity index (χ4n) is 2.56. The maximum Gasteiger partial charge on any atom is 0.286 e. The smallest absolute Gasteiger partial charge is 0.286 e. The predicted molar refractivity (Wildman–Crippen MR) is 107 cm³/mol. The van der Waals surface area contributed by atoms with Gasteiger partial charge in [-0.25, -0.2) is 0 Å². The van der Waals surface area contributed by atoms with E-state index in [1.54, 1.807) is 13.2 Å². The van der Waals surface area contributed by atoms with E-state index in [1.165, 1.54) is 11.3 Å². The van der Waals surface area contributed by atoms with Crippen molar-refractivity contribution >= 4 is 34.5 Å². The molecule has 0 unspecified atom stereocenters. The molecule has 8 heteroatoms. The van der Waals surface area contributed by atoms with E-state index in [9.17, 15) is 4.79 Å². The molecule has 1 N–H and O–H groups in total. The Morgan fingerprint density at radius 1 is 1.19 bits per heavy atom. The fraction of sp³-hybridized carbons (Fsp3) is 0.211. The maximum atomic E-state index is 12.3. The Kier molecular flexibility index (Phi) is 6.39. The second kappa shape index (κ2) is 8.94. The second-order valence-electron chi connectivity index (χ2n) is 5.95. The zero-order chi connectivity index (χ0) is 19.2. The quantitative estimate of drug-likeness (QED) is 0.644. The summed E-state index contributed by atoms with van der Waals surface area (Å²) >= 11 is 7.36. The van der Waals surface area contributed by atoms with E-state index in [0.717, 1.165) is 22.0 Å². The number of halogens is 1. The van der Waals surface area contributed by atoms with Crippen LogP contribution in [-0.4, -0.2) is 35.2 Å². The molecule has 0 aliphatic heterocycles. The molecule has 0 aliphatic carbocycles. The second-order valence-corrected chi connectivity index (χ2v) is 7.45. The van der Waals surface area contributed by atoms with Crippen LogP contribution >= 0.6 is 22.9 Å². The van der Waals surface area contributed by atoms with Gasteiger partial charge in [0.25, 0.3) is 5.91 Å². The molecule has 0 radical (unpaired) electrons. The van der Waals surface area contributed by atoms with E-state index in [4.69, 9.17) is 16.3 Å². The highest BCUT2D eigenvalue weighted by molar-refractivity contribution is 7.13. The third-order valence-corrected chi connectivity index (χ3v) is 4.92. The van der Waals surface area contributed by atoms with Crippen molar-refractivity contribution < 1.29 is 9.53 Å². The van der Waals surface area contributed by atoms with E-state index in [1.807, 2.05) is 49.5 Å². The number of ether oxygens (including phenoxy) is 1. The number of anilines is 1. The van der Waals surface area contributed by atoms with Crippen LogP contribution in [0.1, 0.15) is 20.4 Å². The van der Waals surface area contributed by atoms with Crippen LogP contribution in [0.15, 0.2) is 48.5 Å². The van der Waals surface area contributed by atoms with Gasteiger partial charge < -0.3 is 10.1 Å². The van der Waals surface area contributed by atoms with Crippen molar-refractivity contribution in [3.05, 3.63) is 69.1 Å². The zero-order valence-electron chi connectivity index (χ0n) is 15.0. The molecule has 3 rings (SSSR count). The minimum absolute atomic E-state index is 0.260. The Labute approximate surface area is 166 Å². The van der Waals surface area contributed by atoms with Gasteiger partial charge in [0.1, 0.15) is 10.8 Å². The van der Waals surface area contributed by atoms with Crippen LogP contribution in [0.3, 0.4) is 0 Å². The predicted octanol–water partition coefficient (Wildman–Crippen LogP) is 4.08. The molecule has 0 saturated heterocycles. The number of aromatic nitrogens is 2. The molecule has 6 nitrogen and oxygen atoms in total. The van der Waals surface area contributed by atoms with Crippen molar-refractivity contribution in [3.8, 4) is 5.75 Å². The Morgan fingerprint density at radius 2 is 1.96 bits per heavy atom. The molecular formula is C19H19ClN4O2S. The molecule has 0 fully saturated rings. The Balaban J connectivity index is 1.62. The lowest BCUT2D eigenvalue weighted by molar-refractivity contribution is 0.102. The standard InChI is InChI=1S/C19H19ClN4O2S/c1-24(11-13-10-14(20)8-9-16(13)26-2)12-17-22-23-19(27-17)18(25)21-15-6-4-3-5-7-15/h3-10H,11-12H2,1-2H3,(H,21,25). The minimum Gasteiger partial charge on any atom is -0.496 e. The minimum atomic E-state index is -0.260. The summed E-state index contributed by atoms with van der Waals surface area (Å²) in [5.41, 5.74) is 1.71. The monoisotopic (exact) mass is 402 g/mol. The molecule has 0 aliphatic rings. The number of benzene rings is 2. The summed E-state index contributed by atoms with van der Waals surface area (Å²) < 4.78 is 5.38. The average molecular weight is 403 g/mol. The number of para-hydroxylation sites is 1. The van der Waals surface area contributed by atoms with E-state index in [-0.39, 0.29) is 5.91 Å². The first-order valence-corrected chi connectivity index (χ1v) is 9.44. The summed E-state index contributed by atoms with van der Waals surface area (Å²) in [5.74, 6) is 0.524. The molecule has 140 valence electrons. The highest BCUT2D eigenvalue weighted by Crippen LogP contribution is 2.24. The number of nitrogens with one attached hydrogen (secondary N) is 1. The summed E-state index contributed by atoms with van der Waals surface area (Å²) in [6, 6.07) is 14.8. The molecule has 27 heavy (non-hydrogen) atoms. The Morgan fingerprint density at radius 3 is 2.70 bits per heavy atom. The van der Waals surface area contributed by atoms with Gasteiger partial charge in [0.05, 0.1) is 13.7 Å². The molecule has 1 amide bonds. The van der Waals surface area contributed by atoms with E-state index in [0.29, 0.717) is 23.1 Å². The first kappa shape index (κ1) is 19.3. The van der Waals surface area contributed by atoms with Gasteiger partial charge in [0, 0.05) is 22.8 Å². The van der Waals surface area contributed by atoms with Gasteiger partial charge in [-0.2, -0.15) is 0 Å². The zero-order valence-corrected chi connectivity index (χ0v) is 16.5. The van der Waals surface area contributed by atoms with Gasteiger partial charge in [-0.05, 0) is 37.4 Å². The summed E-state index contributed by atoms with van der Waals surface area (Å²) in [7, 11) is 3.60. The van der Waals surface area contributed by atoms with E-state index >= 15 is 0 Å². The average Bonchev–Trinajstić information content (AvgIpc) is 3.11. The number of carbonyl (C=O) groups is 1.